The first-order valence-electron chi connectivity index (χ1n) is 4.57. The second-order valence-corrected chi connectivity index (χ2v) is 3.01. The van der Waals surface area contributed by atoms with Gasteiger partial charge in [-0.15, -0.1) is 0 Å². The van der Waals surface area contributed by atoms with Crippen molar-refractivity contribution < 1.29 is 14.3 Å². The number of carbonyl (C=O) groups excluding carboxylic acids is 2. The second-order valence-electron chi connectivity index (χ2n) is 3.01. The van der Waals surface area contributed by atoms with Crippen molar-refractivity contribution in [3.8, 4) is 0 Å². The summed E-state index contributed by atoms with van der Waals surface area (Å²) in [6, 6.07) is 0. The Labute approximate surface area is 84.5 Å². The number of nitrogens with zero attached hydrogens (tertiary/aromatic N) is 1. The van der Waals surface area contributed by atoms with Gasteiger partial charge in [-0.05, 0) is 13.8 Å². The molecule has 0 aliphatic carbocycles. The molecule has 4 nitrogen and oxygen atoms in total. The zero-order chi connectivity index (χ0) is 11.1. The maximum Gasteiger partial charge on any atom is 0.333 e. The molecule has 0 N–H and O–H groups in total. The van der Waals surface area contributed by atoms with Crippen LogP contribution in [0.1, 0.15) is 20.8 Å². The molecule has 0 fully saturated rings. The average molecular weight is 199 g/mol. The first kappa shape index (κ1) is 12.7. The Hall–Kier alpha value is -1.32. The van der Waals surface area contributed by atoms with Gasteiger partial charge in [0.1, 0.15) is 6.61 Å². The van der Waals surface area contributed by atoms with Gasteiger partial charge in [-0.25, -0.2) is 4.79 Å². The second kappa shape index (κ2) is 6.18. The SMILES string of the molecule is C=C(C)C(=O)OCCN(CC)C(C)=O. The molecule has 0 aromatic carbocycles. The van der Waals surface area contributed by atoms with Crippen molar-refractivity contribution in [1.29, 1.82) is 0 Å². The number of hydrogen-bond acceptors (Lipinski definition) is 3. The van der Waals surface area contributed by atoms with Crippen LogP contribution in [0.15, 0.2) is 12.2 Å². The van der Waals surface area contributed by atoms with Gasteiger partial charge in [0.25, 0.3) is 0 Å². The Morgan fingerprint density at radius 3 is 2.29 bits per heavy atom. The fourth-order valence-electron chi connectivity index (χ4n) is 0.910. The monoisotopic (exact) mass is 199 g/mol. The minimum atomic E-state index is -0.412. The van der Waals surface area contributed by atoms with Crippen molar-refractivity contribution in [2.24, 2.45) is 0 Å². The van der Waals surface area contributed by atoms with E-state index >= 15 is 0 Å². The number of amides is 1. The van der Waals surface area contributed by atoms with Crippen LogP contribution in [0.5, 0.6) is 0 Å². The summed E-state index contributed by atoms with van der Waals surface area (Å²) in [6.45, 7) is 9.69. The number of esters is 1. The van der Waals surface area contributed by atoms with Gasteiger partial charge in [0, 0.05) is 19.0 Å². The lowest BCUT2D eigenvalue weighted by Gasteiger charge is -2.18. The van der Waals surface area contributed by atoms with Crippen LogP contribution in [-0.4, -0.2) is 36.5 Å². The van der Waals surface area contributed by atoms with E-state index in [0.717, 1.165) is 0 Å². The van der Waals surface area contributed by atoms with Gasteiger partial charge < -0.3 is 9.64 Å². The molecule has 0 atom stereocenters. The standard InChI is InChI=1S/C10H17NO3/c1-5-11(9(4)12)6-7-14-10(13)8(2)3/h2,5-7H2,1,3-4H3. The predicted octanol–water partition coefficient (Wildman–Crippen LogP) is 0.974. The molecular formula is C10H17NO3. The number of carbonyl (C=O) groups is 2. The van der Waals surface area contributed by atoms with Gasteiger partial charge in [0.05, 0.1) is 6.54 Å². The van der Waals surface area contributed by atoms with Gasteiger partial charge in [-0.2, -0.15) is 0 Å². The summed E-state index contributed by atoms with van der Waals surface area (Å²) in [5.74, 6) is -0.427. The molecule has 0 saturated carbocycles. The van der Waals surface area contributed by atoms with Crippen LogP contribution in [-0.2, 0) is 14.3 Å². The largest absolute Gasteiger partial charge is 0.460 e. The van der Waals surface area contributed by atoms with Gasteiger partial charge in [-0.1, -0.05) is 6.58 Å². The van der Waals surface area contributed by atoms with Crippen LogP contribution < -0.4 is 0 Å². The summed E-state index contributed by atoms with van der Waals surface area (Å²) in [5.41, 5.74) is 0.371. The summed E-state index contributed by atoms with van der Waals surface area (Å²) in [7, 11) is 0. The van der Waals surface area contributed by atoms with E-state index < -0.39 is 5.97 Å². The molecule has 14 heavy (non-hydrogen) atoms. The first-order valence-corrected chi connectivity index (χ1v) is 4.57. The fourth-order valence-corrected chi connectivity index (χ4v) is 0.910. The molecule has 80 valence electrons. The average Bonchev–Trinajstić information content (AvgIpc) is 2.11. The maximum atomic E-state index is 11.0. The molecule has 0 radical (unpaired) electrons. The van der Waals surface area contributed by atoms with Crippen molar-refractivity contribution in [2.45, 2.75) is 20.8 Å². The third-order valence-corrected chi connectivity index (χ3v) is 1.77. The van der Waals surface area contributed by atoms with E-state index in [2.05, 4.69) is 6.58 Å². The van der Waals surface area contributed by atoms with Crippen LogP contribution in [0.2, 0.25) is 0 Å². The van der Waals surface area contributed by atoms with Crippen molar-refractivity contribution in [3.63, 3.8) is 0 Å². The molecule has 0 unspecified atom stereocenters. The normalized spacial score (nSPS) is 9.36. The lowest BCUT2D eigenvalue weighted by Crippen LogP contribution is -2.32. The molecule has 0 aromatic rings. The number of hydrogen-bond donors (Lipinski definition) is 0. The predicted molar refractivity (Wildman–Crippen MR) is 53.7 cm³/mol. The third kappa shape index (κ3) is 4.64. The molecule has 1 amide bonds. The first-order chi connectivity index (χ1) is 6.49. The number of likely N-dealkylation sites (N-methyl/N-ethyl adjacent to an activating group) is 1. The Morgan fingerprint density at radius 1 is 1.36 bits per heavy atom. The van der Waals surface area contributed by atoms with Gasteiger partial charge in [0.2, 0.25) is 5.91 Å². The maximum absolute atomic E-state index is 11.0. The molecule has 0 aliphatic rings. The molecule has 0 rings (SSSR count). The van der Waals surface area contributed by atoms with E-state index in [1.807, 2.05) is 6.92 Å². The lowest BCUT2D eigenvalue weighted by molar-refractivity contribution is -0.141. The molecule has 0 aliphatic heterocycles. The minimum Gasteiger partial charge on any atom is -0.460 e. The van der Waals surface area contributed by atoms with E-state index in [0.29, 0.717) is 18.7 Å². The van der Waals surface area contributed by atoms with E-state index in [1.165, 1.54) is 6.92 Å². The summed E-state index contributed by atoms with van der Waals surface area (Å²) in [6.07, 6.45) is 0. The molecule has 0 heterocycles. The van der Waals surface area contributed by atoms with Crippen LogP contribution in [0.4, 0.5) is 0 Å². The Bertz CT molecular complexity index is 236. The smallest absolute Gasteiger partial charge is 0.333 e. The Morgan fingerprint density at radius 2 is 1.93 bits per heavy atom. The van der Waals surface area contributed by atoms with Gasteiger partial charge in [0.15, 0.2) is 0 Å². The van der Waals surface area contributed by atoms with Crippen LogP contribution >= 0.6 is 0 Å². The number of rotatable bonds is 5. The minimum absolute atomic E-state index is 0.0149. The van der Waals surface area contributed by atoms with E-state index in [9.17, 15) is 9.59 Å². The summed E-state index contributed by atoms with van der Waals surface area (Å²) >= 11 is 0. The van der Waals surface area contributed by atoms with Crippen molar-refractivity contribution in [1.82, 2.24) is 4.90 Å². The van der Waals surface area contributed by atoms with Crippen LogP contribution in [0.3, 0.4) is 0 Å². The van der Waals surface area contributed by atoms with E-state index in [1.54, 1.807) is 11.8 Å². The summed E-state index contributed by atoms with van der Waals surface area (Å²) < 4.78 is 4.85. The molecule has 0 bridgehead atoms. The molecule has 0 saturated heterocycles. The lowest BCUT2D eigenvalue weighted by atomic mass is 10.4. The van der Waals surface area contributed by atoms with Gasteiger partial charge >= 0.3 is 5.97 Å². The highest BCUT2D eigenvalue weighted by atomic mass is 16.5. The van der Waals surface area contributed by atoms with Crippen molar-refractivity contribution in [2.75, 3.05) is 19.7 Å². The van der Waals surface area contributed by atoms with Crippen molar-refractivity contribution in [3.05, 3.63) is 12.2 Å². The number of ether oxygens (including phenoxy) is 1. The zero-order valence-electron chi connectivity index (χ0n) is 9.00. The molecule has 4 heteroatoms. The molecule has 0 spiro atoms. The molecular weight excluding hydrogens is 182 g/mol. The molecule has 0 aromatic heterocycles. The Kier molecular flexibility index (Phi) is 5.60. The quantitative estimate of drug-likeness (QED) is 0.489. The zero-order valence-corrected chi connectivity index (χ0v) is 9.00. The van der Waals surface area contributed by atoms with Crippen LogP contribution in [0.25, 0.3) is 0 Å². The fraction of sp³-hybridized carbons (Fsp3) is 0.600. The van der Waals surface area contributed by atoms with Crippen molar-refractivity contribution >= 4 is 11.9 Å². The van der Waals surface area contributed by atoms with E-state index in [4.69, 9.17) is 4.74 Å². The Balaban J connectivity index is 3.77. The van der Waals surface area contributed by atoms with Crippen LogP contribution in [0, 0.1) is 0 Å². The topological polar surface area (TPSA) is 46.6 Å². The summed E-state index contributed by atoms with van der Waals surface area (Å²) in [5, 5.41) is 0. The van der Waals surface area contributed by atoms with Gasteiger partial charge in [-0.3, -0.25) is 4.79 Å². The van der Waals surface area contributed by atoms with E-state index in [-0.39, 0.29) is 12.5 Å². The third-order valence-electron chi connectivity index (χ3n) is 1.77. The summed E-state index contributed by atoms with van der Waals surface area (Å²) in [4.78, 5) is 23.5. The highest BCUT2D eigenvalue weighted by molar-refractivity contribution is 5.86. The highest BCUT2D eigenvalue weighted by Crippen LogP contribution is 1.94. The highest BCUT2D eigenvalue weighted by Gasteiger charge is 2.07.